The van der Waals surface area contributed by atoms with E-state index in [1.54, 1.807) is 0 Å². The van der Waals surface area contributed by atoms with Crippen molar-refractivity contribution in [3.8, 4) is 0 Å². The first-order chi connectivity index (χ1) is 12.9. The molecule has 8 heteroatoms. The van der Waals surface area contributed by atoms with Crippen LogP contribution in [0.2, 0.25) is 0 Å². The van der Waals surface area contributed by atoms with Crippen molar-refractivity contribution >= 4 is 23.5 Å². The second-order valence-electron chi connectivity index (χ2n) is 6.69. The minimum absolute atomic E-state index is 0.103. The van der Waals surface area contributed by atoms with E-state index in [-0.39, 0.29) is 29.8 Å². The topological polar surface area (TPSA) is 118 Å². The van der Waals surface area contributed by atoms with E-state index in [2.05, 4.69) is 0 Å². The molecule has 1 aliphatic rings. The maximum atomic E-state index is 12.4. The minimum atomic E-state index is -0.756. The smallest absolute Gasteiger partial charge is 0.303 e. The molecule has 1 aliphatic heterocycles. The number of nitro benzene ring substituents is 1. The number of nitro groups is 1. The number of rotatable bonds is 12. The van der Waals surface area contributed by atoms with Crippen molar-refractivity contribution in [1.82, 2.24) is 4.90 Å². The van der Waals surface area contributed by atoms with Crippen molar-refractivity contribution in [3.63, 3.8) is 0 Å². The second kappa shape index (κ2) is 9.80. The Hall–Kier alpha value is -2.77. The van der Waals surface area contributed by atoms with Gasteiger partial charge in [0.05, 0.1) is 10.5 Å². The van der Waals surface area contributed by atoms with Gasteiger partial charge in [0, 0.05) is 19.0 Å². The summed E-state index contributed by atoms with van der Waals surface area (Å²) in [6.45, 7) is 0.266. The Morgan fingerprint density at radius 2 is 1.56 bits per heavy atom. The summed E-state index contributed by atoms with van der Waals surface area (Å²) in [5, 5.41) is 19.6. The molecule has 2 amide bonds. The standard InChI is InChI=1S/C19H24N2O6/c22-16(23)12-7-5-3-1-2-4-6-8-13-20-18(24)14-10-9-11-15(21(26)27)17(14)19(20)25/h9-11H,1-8,12-13H2,(H,22,23). The Bertz CT molecular complexity index is 731. The third kappa shape index (κ3) is 5.35. The van der Waals surface area contributed by atoms with Crippen molar-refractivity contribution in [2.24, 2.45) is 0 Å². The van der Waals surface area contributed by atoms with Crippen molar-refractivity contribution in [3.05, 3.63) is 39.4 Å². The minimum Gasteiger partial charge on any atom is -0.481 e. The van der Waals surface area contributed by atoms with Crippen molar-refractivity contribution in [2.75, 3.05) is 6.54 Å². The number of nitrogens with zero attached hydrogens (tertiary/aromatic N) is 2. The van der Waals surface area contributed by atoms with Crippen LogP contribution in [0.25, 0.3) is 0 Å². The van der Waals surface area contributed by atoms with E-state index >= 15 is 0 Å². The van der Waals surface area contributed by atoms with E-state index in [4.69, 9.17) is 5.11 Å². The molecule has 0 saturated carbocycles. The van der Waals surface area contributed by atoms with Gasteiger partial charge in [-0.15, -0.1) is 0 Å². The highest BCUT2D eigenvalue weighted by Crippen LogP contribution is 2.30. The molecule has 8 nitrogen and oxygen atoms in total. The highest BCUT2D eigenvalue weighted by Gasteiger charge is 2.40. The Balaban J connectivity index is 1.69. The lowest BCUT2D eigenvalue weighted by Crippen LogP contribution is -2.30. The van der Waals surface area contributed by atoms with Crippen molar-refractivity contribution in [2.45, 2.75) is 57.8 Å². The second-order valence-corrected chi connectivity index (χ2v) is 6.69. The molecule has 0 saturated heterocycles. The summed E-state index contributed by atoms with van der Waals surface area (Å²) in [6.07, 6.45) is 7.43. The number of carbonyl (C=O) groups is 3. The molecular weight excluding hydrogens is 352 g/mol. The summed E-state index contributed by atoms with van der Waals surface area (Å²) in [4.78, 5) is 46.7. The monoisotopic (exact) mass is 376 g/mol. The molecule has 1 aromatic rings. The van der Waals surface area contributed by atoms with Gasteiger partial charge in [0.15, 0.2) is 0 Å². The molecule has 0 spiro atoms. The molecule has 27 heavy (non-hydrogen) atoms. The zero-order chi connectivity index (χ0) is 19.8. The number of carboxylic acids is 1. The van der Waals surface area contributed by atoms with Crippen LogP contribution >= 0.6 is 0 Å². The number of hydrogen-bond donors (Lipinski definition) is 1. The number of amides is 2. The fraction of sp³-hybridized carbons (Fsp3) is 0.526. The van der Waals surface area contributed by atoms with E-state index in [1.165, 1.54) is 18.2 Å². The first-order valence-corrected chi connectivity index (χ1v) is 9.29. The molecule has 1 aromatic carbocycles. The van der Waals surface area contributed by atoms with E-state index in [0.29, 0.717) is 12.8 Å². The summed E-state index contributed by atoms with van der Waals surface area (Å²) in [7, 11) is 0. The van der Waals surface area contributed by atoms with Crippen LogP contribution in [0.5, 0.6) is 0 Å². The summed E-state index contributed by atoms with van der Waals surface area (Å²) < 4.78 is 0. The molecule has 0 fully saturated rings. The molecule has 146 valence electrons. The lowest BCUT2D eigenvalue weighted by atomic mass is 10.1. The molecule has 0 aliphatic carbocycles. The van der Waals surface area contributed by atoms with Gasteiger partial charge in [0.1, 0.15) is 5.56 Å². The highest BCUT2D eigenvalue weighted by molar-refractivity contribution is 6.23. The van der Waals surface area contributed by atoms with Crippen molar-refractivity contribution < 1.29 is 24.4 Å². The summed E-state index contributed by atoms with van der Waals surface area (Å²) in [5.41, 5.74) is -0.319. The number of fused-ring (bicyclic) bond motifs is 1. The van der Waals surface area contributed by atoms with Gasteiger partial charge < -0.3 is 5.11 Å². The van der Waals surface area contributed by atoms with Gasteiger partial charge in [-0.2, -0.15) is 0 Å². The zero-order valence-electron chi connectivity index (χ0n) is 15.2. The largest absolute Gasteiger partial charge is 0.481 e. The molecular formula is C19H24N2O6. The van der Waals surface area contributed by atoms with Crippen LogP contribution in [-0.2, 0) is 4.79 Å². The Morgan fingerprint density at radius 3 is 2.15 bits per heavy atom. The normalized spacial score (nSPS) is 13.1. The molecule has 0 unspecified atom stereocenters. The predicted octanol–water partition coefficient (Wildman–Crippen LogP) is 3.79. The predicted molar refractivity (Wildman–Crippen MR) is 97.7 cm³/mol. The SMILES string of the molecule is O=C(O)CCCCCCCCCCN1C(=O)c2cccc([N+](=O)[O-])c2C1=O. The van der Waals surface area contributed by atoms with Crippen LogP contribution in [0.4, 0.5) is 5.69 Å². The van der Waals surface area contributed by atoms with Gasteiger partial charge in [0.25, 0.3) is 17.5 Å². The number of hydrogen-bond acceptors (Lipinski definition) is 5. The number of carboxylic acid groups (broad SMARTS) is 1. The lowest BCUT2D eigenvalue weighted by molar-refractivity contribution is -0.385. The fourth-order valence-corrected chi connectivity index (χ4v) is 3.28. The Kier molecular flexibility index (Phi) is 7.45. The molecule has 1 heterocycles. The molecule has 0 radical (unpaired) electrons. The van der Waals surface area contributed by atoms with Gasteiger partial charge in [-0.05, 0) is 18.9 Å². The number of aliphatic carboxylic acids is 1. The quantitative estimate of drug-likeness (QED) is 0.257. The van der Waals surface area contributed by atoms with Gasteiger partial charge >= 0.3 is 5.97 Å². The summed E-state index contributed by atoms with van der Waals surface area (Å²) >= 11 is 0. The number of carbonyl (C=O) groups excluding carboxylic acids is 2. The van der Waals surface area contributed by atoms with Crippen LogP contribution in [0.1, 0.15) is 78.5 Å². The van der Waals surface area contributed by atoms with Crippen LogP contribution in [0.15, 0.2) is 18.2 Å². The average molecular weight is 376 g/mol. The Morgan fingerprint density at radius 1 is 0.963 bits per heavy atom. The number of unbranched alkanes of at least 4 members (excludes halogenated alkanes) is 7. The first-order valence-electron chi connectivity index (χ1n) is 9.29. The number of imide groups is 1. The molecule has 0 atom stereocenters. The van der Waals surface area contributed by atoms with E-state index in [0.717, 1.165) is 43.4 Å². The summed E-state index contributed by atoms with van der Waals surface area (Å²) in [6, 6.07) is 4.11. The van der Waals surface area contributed by atoms with Gasteiger partial charge in [-0.3, -0.25) is 29.4 Å². The molecule has 0 bridgehead atoms. The van der Waals surface area contributed by atoms with E-state index < -0.39 is 22.7 Å². The zero-order valence-corrected chi connectivity index (χ0v) is 15.2. The van der Waals surface area contributed by atoms with Crippen LogP contribution < -0.4 is 0 Å². The average Bonchev–Trinajstić information content (AvgIpc) is 2.87. The van der Waals surface area contributed by atoms with Crippen LogP contribution in [-0.4, -0.2) is 39.3 Å². The van der Waals surface area contributed by atoms with Gasteiger partial charge in [0.2, 0.25) is 0 Å². The van der Waals surface area contributed by atoms with Crippen LogP contribution in [0, 0.1) is 10.1 Å². The fourth-order valence-electron chi connectivity index (χ4n) is 3.28. The number of benzene rings is 1. The van der Waals surface area contributed by atoms with Gasteiger partial charge in [-0.1, -0.05) is 44.6 Å². The van der Waals surface area contributed by atoms with E-state index in [9.17, 15) is 24.5 Å². The maximum absolute atomic E-state index is 12.4. The Labute approximate surface area is 157 Å². The van der Waals surface area contributed by atoms with E-state index in [1.807, 2.05) is 0 Å². The van der Waals surface area contributed by atoms with Crippen molar-refractivity contribution in [1.29, 1.82) is 0 Å². The maximum Gasteiger partial charge on any atom is 0.303 e. The summed E-state index contributed by atoms with van der Waals surface area (Å²) in [5.74, 6) is -1.80. The molecule has 0 aromatic heterocycles. The highest BCUT2D eigenvalue weighted by atomic mass is 16.6. The third-order valence-corrected chi connectivity index (χ3v) is 4.70. The first kappa shape index (κ1) is 20.5. The lowest BCUT2D eigenvalue weighted by Gasteiger charge is -2.13. The molecule has 2 rings (SSSR count). The van der Waals surface area contributed by atoms with Crippen LogP contribution in [0.3, 0.4) is 0 Å². The third-order valence-electron chi connectivity index (χ3n) is 4.70. The van der Waals surface area contributed by atoms with Gasteiger partial charge in [-0.25, -0.2) is 0 Å². The molecule has 1 N–H and O–H groups in total.